The van der Waals surface area contributed by atoms with Gasteiger partial charge in [-0.25, -0.2) is 56.7 Å². The maximum absolute atomic E-state index is 12.1. The van der Waals surface area contributed by atoms with Crippen LogP contribution in [0.25, 0.3) is 43.6 Å². The molecule has 2 saturated carbocycles. The molecule has 2 fully saturated rings. The molecule has 0 spiro atoms. The minimum Gasteiger partial charge on any atom is -0.493 e. The lowest BCUT2D eigenvalue weighted by molar-refractivity contribution is 0.356. The molecule has 2 aliphatic carbocycles. The summed E-state index contributed by atoms with van der Waals surface area (Å²) < 4.78 is 91.8. The number of nitrogen functional groups attached to an aromatic ring is 1. The van der Waals surface area contributed by atoms with Crippen molar-refractivity contribution in [2.45, 2.75) is 88.0 Å². The molecule has 4 unspecified atom stereocenters. The predicted octanol–water partition coefficient (Wildman–Crippen LogP) is 17.2. The summed E-state index contributed by atoms with van der Waals surface area (Å²) >= 11 is 12.7. The molecule has 580 valence electrons. The van der Waals surface area contributed by atoms with Gasteiger partial charge in [0.1, 0.15) is 47.9 Å². The van der Waals surface area contributed by atoms with Crippen molar-refractivity contribution >= 4 is 146 Å². The molecule has 2 aliphatic rings. The third-order valence-corrected chi connectivity index (χ3v) is 22.6. The average Bonchev–Trinajstić information content (AvgIpc) is 1.19. The Bertz CT molecular complexity index is 5180. The summed E-state index contributed by atoms with van der Waals surface area (Å²) in [4.78, 5) is 34.1. The van der Waals surface area contributed by atoms with Crippen LogP contribution in [0.5, 0.6) is 46.0 Å². The van der Waals surface area contributed by atoms with E-state index < -0.39 is 19.1 Å². The standard InChI is InChI=1S/C21H24N4O4S.C18H18BrN3O2.C18H20N4O2.C10H9ClN2O2.C8H10BrN.C3H5ClO2S/c1-13(14-4-6-15(7-5-14)25-30(26,27)16-8-9-16)24-21-17-10-19(28-2)20(29-3)11-18(17)22-12-23-21;2*1-11(12-4-6-13(19)7-5-12)22-18-14-8-16(23-2)17(24-3)9-15(14)20-10-21-18;1-14-8-3-6-7(4-9(8)15-2)12-5-13-10(6)11;1-6(10)7-2-4-8(9)5-3-7;4-7(5,6)3-1-2-3/h4-7,10-13,16,25H,8-9H2,1-3H3,(H,22,23,24);4-11H,1-3H3,(H,20,21,22);4-11H,19H2,1-3H3,(H,20,21,22);3-5H,1-2H3;2-6H,10H2,1H3;3H,1-2H2. The Balaban J connectivity index is 0.000000160. The number of methoxy groups -OCH3 is 8. The highest BCUT2D eigenvalue weighted by Crippen LogP contribution is 2.40. The third-order valence-electron chi connectivity index (χ3n) is 17.3. The molecule has 110 heavy (non-hydrogen) atoms. The molecular weight excluding hydrogens is 1620 g/mol. The van der Waals surface area contributed by atoms with Crippen molar-refractivity contribution in [3.8, 4) is 46.0 Å². The molecule has 0 radical (unpaired) electrons. The van der Waals surface area contributed by atoms with Gasteiger partial charge >= 0.3 is 0 Å². The van der Waals surface area contributed by atoms with E-state index in [4.69, 9.17) is 71.6 Å². The van der Waals surface area contributed by atoms with Gasteiger partial charge in [-0.05, 0) is 148 Å². The summed E-state index contributed by atoms with van der Waals surface area (Å²) in [6.07, 6.45) is 8.97. The van der Waals surface area contributed by atoms with Crippen molar-refractivity contribution in [3.63, 3.8) is 0 Å². The number of fused-ring (bicyclic) bond motifs is 4. The van der Waals surface area contributed by atoms with E-state index in [0.717, 1.165) is 107 Å². The second-order valence-electron chi connectivity index (χ2n) is 25.0. The van der Waals surface area contributed by atoms with Crippen LogP contribution in [-0.2, 0) is 19.1 Å². The van der Waals surface area contributed by atoms with E-state index in [1.54, 1.807) is 87.5 Å². The van der Waals surface area contributed by atoms with Crippen LogP contribution in [0.2, 0.25) is 5.15 Å². The second kappa shape index (κ2) is 39.0. The number of benzene rings is 8. The number of hydrogen-bond acceptors (Lipinski definition) is 25. The molecule has 12 aromatic rings. The highest BCUT2D eigenvalue weighted by atomic mass is 79.9. The number of aromatic nitrogens is 8. The maximum atomic E-state index is 12.1. The van der Waals surface area contributed by atoms with E-state index in [-0.39, 0.29) is 34.7 Å². The van der Waals surface area contributed by atoms with Gasteiger partial charge in [-0.3, -0.25) is 4.72 Å². The van der Waals surface area contributed by atoms with Crippen LogP contribution < -0.4 is 70.0 Å². The summed E-state index contributed by atoms with van der Waals surface area (Å²) in [7, 11) is 11.2. The van der Waals surface area contributed by atoms with E-state index in [9.17, 15) is 16.8 Å². The van der Waals surface area contributed by atoms with Crippen LogP contribution in [0.1, 0.15) is 99.8 Å². The fourth-order valence-electron chi connectivity index (χ4n) is 10.8. The number of hydrogen-bond donors (Lipinski definition) is 6. The van der Waals surface area contributed by atoms with Crippen LogP contribution in [0.3, 0.4) is 0 Å². The zero-order valence-corrected chi connectivity index (χ0v) is 68.7. The van der Waals surface area contributed by atoms with Gasteiger partial charge in [0.15, 0.2) is 46.0 Å². The Kier molecular flexibility index (Phi) is 29.8. The van der Waals surface area contributed by atoms with E-state index in [1.807, 2.05) is 123 Å². The van der Waals surface area contributed by atoms with Crippen LogP contribution in [0.4, 0.5) is 28.8 Å². The highest BCUT2D eigenvalue weighted by Gasteiger charge is 2.36. The first-order chi connectivity index (χ1) is 52.7. The molecule has 0 bridgehead atoms. The Morgan fingerprint density at radius 1 is 0.400 bits per heavy atom. The Morgan fingerprint density at radius 3 is 0.982 bits per heavy atom. The van der Waals surface area contributed by atoms with Crippen molar-refractivity contribution < 1.29 is 54.7 Å². The predicted molar refractivity (Wildman–Crippen MR) is 443 cm³/mol. The van der Waals surface area contributed by atoms with Gasteiger partial charge in [-0.1, -0.05) is 92.0 Å². The van der Waals surface area contributed by atoms with Crippen molar-refractivity contribution in [2.24, 2.45) is 5.73 Å². The molecule has 32 heteroatoms. The molecular formula is C78H86Br2Cl2N14O12S2. The normalized spacial score (nSPS) is 13.3. The fraction of sp³-hybridized carbons (Fsp3) is 0.282. The summed E-state index contributed by atoms with van der Waals surface area (Å²) in [6.45, 7) is 8.15. The van der Waals surface area contributed by atoms with Crippen LogP contribution in [-0.4, -0.2) is 124 Å². The smallest absolute Gasteiger partial charge is 0.235 e. The lowest BCUT2D eigenvalue weighted by Crippen LogP contribution is -2.17. The van der Waals surface area contributed by atoms with Crippen molar-refractivity contribution in [1.82, 2.24) is 39.9 Å². The monoisotopic (exact) mass is 1700 g/mol. The van der Waals surface area contributed by atoms with Gasteiger partial charge < -0.3 is 65.3 Å². The zero-order valence-electron chi connectivity index (χ0n) is 62.4. The molecule has 0 amide bonds. The molecule has 8 N–H and O–H groups in total. The number of sulfonamides is 1. The minimum atomic E-state index is -3.26. The topological polar surface area (TPSA) is 345 Å². The van der Waals surface area contributed by atoms with Gasteiger partial charge in [-0.15, -0.1) is 0 Å². The molecule has 4 aromatic heterocycles. The van der Waals surface area contributed by atoms with Crippen molar-refractivity contribution in [1.29, 1.82) is 0 Å². The Morgan fingerprint density at radius 2 is 0.682 bits per heavy atom. The summed E-state index contributed by atoms with van der Waals surface area (Å²) in [5.74, 6) is 7.20. The van der Waals surface area contributed by atoms with Gasteiger partial charge in [0.05, 0.1) is 89.4 Å². The molecule has 8 aromatic carbocycles. The van der Waals surface area contributed by atoms with Gasteiger partial charge in [0.25, 0.3) is 0 Å². The lowest BCUT2D eigenvalue weighted by Gasteiger charge is -2.17. The molecule has 0 aliphatic heterocycles. The number of nitrogens with one attached hydrogen (secondary N) is 4. The van der Waals surface area contributed by atoms with Crippen molar-refractivity contribution in [2.75, 3.05) is 83.3 Å². The zero-order chi connectivity index (χ0) is 79.4. The number of rotatable bonds is 22. The Hall–Kier alpha value is -10.1. The first-order valence-corrected chi connectivity index (χ1v) is 40.2. The number of anilines is 5. The Labute approximate surface area is 665 Å². The van der Waals surface area contributed by atoms with Crippen LogP contribution in [0, 0.1) is 0 Å². The van der Waals surface area contributed by atoms with E-state index in [2.05, 4.69) is 118 Å². The quantitative estimate of drug-likeness (QED) is 0.0208. The first kappa shape index (κ1) is 83.9. The van der Waals surface area contributed by atoms with Crippen LogP contribution in [0.15, 0.2) is 180 Å². The second-order valence-corrected chi connectivity index (χ2v) is 32.1. The summed E-state index contributed by atoms with van der Waals surface area (Å²) in [5, 5.41) is 13.5. The lowest BCUT2D eigenvalue weighted by atomic mass is 10.1. The first-order valence-electron chi connectivity index (χ1n) is 34.3. The number of nitrogens with two attached hydrogens (primary N) is 2. The molecule has 4 heterocycles. The fourth-order valence-corrected chi connectivity index (χ4v) is 14.2. The molecule has 4 atom stereocenters. The van der Waals surface area contributed by atoms with Gasteiger partial charge in [0, 0.05) is 101 Å². The van der Waals surface area contributed by atoms with E-state index in [0.29, 0.717) is 62.7 Å². The summed E-state index contributed by atoms with van der Waals surface area (Å²) in [5.41, 5.74) is 20.2. The van der Waals surface area contributed by atoms with Gasteiger partial charge in [0.2, 0.25) is 19.1 Å². The molecule has 26 nitrogen and oxygen atoms in total. The van der Waals surface area contributed by atoms with Gasteiger partial charge in [-0.2, -0.15) is 0 Å². The number of nitrogens with zero attached hydrogens (tertiary/aromatic N) is 8. The molecule has 0 saturated heterocycles. The van der Waals surface area contributed by atoms with Crippen molar-refractivity contribution in [3.05, 3.63) is 207 Å². The van der Waals surface area contributed by atoms with E-state index >= 15 is 0 Å². The SMILES string of the molecule is CC(N)c1ccc(Br)cc1.COc1cc2ncnc(Cl)c2cc1OC.COc1cc2ncnc(NC(C)c3ccc(Br)cc3)c2cc1OC.COc1cc2ncnc(NC(C)c3ccc(N)cc3)c2cc1OC.COc1cc2ncnc(NC(C)c3ccc(NS(=O)(=O)C4CC4)cc3)c2cc1OC.O=S(=O)(Cl)C1CC1. The maximum Gasteiger partial charge on any atom is 0.235 e. The average molecular weight is 1710 g/mol. The van der Waals surface area contributed by atoms with E-state index in [1.165, 1.54) is 30.1 Å². The minimum absolute atomic E-state index is 0.0646. The summed E-state index contributed by atoms with van der Waals surface area (Å²) in [6, 6.07) is 46.3. The number of ether oxygens (including phenoxy) is 8. The third kappa shape index (κ3) is 22.8. The van der Waals surface area contributed by atoms with Crippen LogP contribution >= 0.6 is 54.1 Å². The highest BCUT2D eigenvalue weighted by molar-refractivity contribution is 9.10. The largest absolute Gasteiger partial charge is 0.493 e. The molecule has 14 rings (SSSR count). The number of halogens is 4.